The van der Waals surface area contributed by atoms with Crippen LogP contribution in [0.4, 0.5) is 5.69 Å². The molecule has 2 N–H and O–H groups in total. The van der Waals surface area contributed by atoms with Crippen molar-refractivity contribution in [2.45, 2.75) is 0 Å². The number of nitrogens with zero attached hydrogens (tertiary/aromatic N) is 2. The molecule has 1 heterocycles. The lowest BCUT2D eigenvalue weighted by Crippen LogP contribution is -2.31. The van der Waals surface area contributed by atoms with Crippen LogP contribution in [0.15, 0.2) is 59.8 Å². The van der Waals surface area contributed by atoms with Crippen LogP contribution in [-0.2, 0) is 14.3 Å². The van der Waals surface area contributed by atoms with Crippen LogP contribution < -0.4 is 5.32 Å². The first-order valence-corrected chi connectivity index (χ1v) is 8.67. The highest BCUT2D eigenvalue weighted by molar-refractivity contribution is 6.09. The minimum absolute atomic E-state index is 0.0768. The quantitative estimate of drug-likeness (QED) is 0.746. The number of β-amino-alcohol motifs (C(OH)–C–C–N with tert-alkyl or cyclic N) is 1. The van der Waals surface area contributed by atoms with E-state index in [9.17, 15) is 9.59 Å². The molecule has 0 aromatic heterocycles. The van der Waals surface area contributed by atoms with Gasteiger partial charge in [0, 0.05) is 17.8 Å². The first kappa shape index (κ1) is 19.1. The normalized spacial score (nSPS) is 13.5. The van der Waals surface area contributed by atoms with Gasteiger partial charge in [0.25, 0.3) is 5.91 Å². The van der Waals surface area contributed by atoms with Gasteiger partial charge in [-0.25, -0.2) is 4.79 Å². The number of benzene rings is 2. The van der Waals surface area contributed by atoms with Gasteiger partial charge in [-0.3, -0.25) is 4.79 Å². The van der Waals surface area contributed by atoms with Gasteiger partial charge in [0.05, 0.1) is 37.5 Å². The molecule has 0 radical (unpaired) electrons. The fraction of sp³-hybridized carbons (Fsp3) is 0.190. The van der Waals surface area contributed by atoms with Gasteiger partial charge in [0.1, 0.15) is 5.70 Å². The fourth-order valence-electron chi connectivity index (χ4n) is 3.05. The van der Waals surface area contributed by atoms with Crippen LogP contribution in [0, 0.1) is 11.3 Å². The molecular formula is C21H19N3O4. The average Bonchev–Trinajstić information content (AvgIpc) is 3.04. The number of hydrogen-bond donors (Lipinski definition) is 2. The zero-order valence-electron chi connectivity index (χ0n) is 15.3. The molecule has 7 nitrogen and oxygen atoms in total. The van der Waals surface area contributed by atoms with Crippen LogP contribution >= 0.6 is 0 Å². The third kappa shape index (κ3) is 3.72. The number of aliphatic hydroxyl groups is 1. The molecule has 0 spiro atoms. The molecule has 0 fully saturated rings. The van der Waals surface area contributed by atoms with Crippen LogP contribution in [0.5, 0.6) is 0 Å². The highest BCUT2D eigenvalue weighted by atomic mass is 16.5. The Morgan fingerprint density at radius 3 is 2.61 bits per heavy atom. The summed E-state index contributed by atoms with van der Waals surface area (Å²) in [5.74, 6) is -0.962. The van der Waals surface area contributed by atoms with E-state index in [0.717, 1.165) is 11.1 Å². The number of para-hydroxylation sites is 1. The second kappa shape index (κ2) is 8.37. The summed E-state index contributed by atoms with van der Waals surface area (Å²) in [5, 5.41) is 21.2. The Labute approximate surface area is 162 Å². The standard InChI is InChI=1S/C21H19N3O4/c1-28-21(27)17-13-24(10-11-25)20(26)19(17)23-18-5-3-2-4-16(18)15-8-6-14(12-22)7-9-15/h2-9,23,25H,10-11,13H2,1H3. The van der Waals surface area contributed by atoms with Gasteiger partial charge < -0.3 is 20.1 Å². The smallest absolute Gasteiger partial charge is 0.337 e. The number of rotatable bonds is 6. The van der Waals surface area contributed by atoms with Crippen molar-refractivity contribution >= 4 is 17.6 Å². The van der Waals surface area contributed by atoms with Crippen molar-refractivity contribution in [3.63, 3.8) is 0 Å². The van der Waals surface area contributed by atoms with Crippen molar-refractivity contribution in [3.8, 4) is 17.2 Å². The number of ether oxygens (including phenoxy) is 1. The van der Waals surface area contributed by atoms with Crippen molar-refractivity contribution in [2.75, 3.05) is 32.1 Å². The lowest BCUT2D eigenvalue weighted by atomic mass is 10.0. The topological polar surface area (TPSA) is 103 Å². The largest absolute Gasteiger partial charge is 0.466 e. The molecule has 3 rings (SSSR count). The molecule has 0 atom stereocenters. The van der Waals surface area contributed by atoms with Crippen LogP contribution in [0.2, 0.25) is 0 Å². The van der Waals surface area contributed by atoms with E-state index in [1.54, 1.807) is 18.2 Å². The summed E-state index contributed by atoms with van der Waals surface area (Å²) in [5.41, 5.74) is 3.23. The summed E-state index contributed by atoms with van der Waals surface area (Å²) < 4.78 is 4.81. The van der Waals surface area contributed by atoms with Crippen molar-refractivity contribution in [1.29, 1.82) is 5.26 Å². The summed E-state index contributed by atoms with van der Waals surface area (Å²) in [6, 6.07) is 16.5. The van der Waals surface area contributed by atoms with E-state index in [4.69, 9.17) is 15.1 Å². The minimum Gasteiger partial charge on any atom is -0.466 e. The number of methoxy groups -OCH3 is 1. The molecule has 2 aromatic rings. The first-order valence-electron chi connectivity index (χ1n) is 8.67. The molecular weight excluding hydrogens is 358 g/mol. The molecule has 142 valence electrons. The number of anilines is 1. The van der Waals surface area contributed by atoms with Crippen molar-refractivity contribution in [2.24, 2.45) is 0 Å². The van der Waals surface area contributed by atoms with E-state index in [2.05, 4.69) is 11.4 Å². The minimum atomic E-state index is -0.591. The van der Waals surface area contributed by atoms with Crippen LogP contribution in [0.3, 0.4) is 0 Å². The van der Waals surface area contributed by atoms with Gasteiger partial charge in [-0.1, -0.05) is 30.3 Å². The SMILES string of the molecule is COC(=O)C1=C(Nc2ccccc2-c2ccc(C#N)cc2)C(=O)N(CCO)C1. The lowest BCUT2D eigenvalue weighted by Gasteiger charge is -2.16. The first-order chi connectivity index (χ1) is 13.6. The number of nitrogens with one attached hydrogen (secondary N) is 1. The lowest BCUT2D eigenvalue weighted by molar-refractivity contribution is -0.136. The molecule has 1 aliphatic heterocycles. The Morgan fingerprint density at radius 1 is 1.25 bits per heavy atom. The number of esters is 1. The average molecular weight is 377 g/mol. The van der Waals surface area contributed by atoms with Crippen LogP contribution in [0.1, 0.15) is 5.56 Å². The van der Waals surface area contributed by atoms with Crippen LogP contribution in [-0.4, -0.2) is 48.7 Å². The Kier molecular flexibility index (Phi) is 5.72. The fourth-order valence-corrected chi connectivity index (χ4v) is 3.05. The summed E-state index contributed by atoms with van der Waals surface area (Å²) in [7, 11) is 1.26. The van der Waals surface area contributed by atoms with Crippen molar-refractivity contribution < 1.29 is 19.4 Å². The number of carbonyl (C=O) groups is 2. The number of carbonyl (C=O) groups excluding carboxylic acids is 2. The molecule has 1 aliphatic rings. The second-order valence-electron chi connectivity index (χ2n) is 6.16. The number of nitriles is 1. The highest BCUT2D eigenvalue weighted by Crippen LogP contribution is 2.31. The Morgan fingerprint density at radius 2 is 1.96 bits per heavy atom. The molecule has 28 heavy (non-hydrogen) atoms. The monoisotopic (exact) mass is 377 g/mol. The van der Waals surface area contributed by atoms with Gasteiger partial charge in [-0.15, -0.1) is 0 Å². The van der Waals surface area contributed by atoms with Gasteiger partial charge >= 0.3 is 5.97 Å². The van der Waals surface area contributed by atoms with E-state index < -0.39 is 5.97 Å². The van der Waals surface area contributed by atoms with Gasteiger partial charge in [0.2, 0.25) is 0 Å². The molecule has 0 saturated carbocycles. The molecule has 2 aromatic carbocycles. The maximum atomic E-state index is 12.7. The summed E-state index contributed by atoms with van der Waals surface area (Å²) >= 11 is 0. The summed E-state index contributed by atoms with van der Waals surface area (Å²) in [6.07, 6.45) is 0. The van der Waals surface area contributed by atoms with Gasteiger partial charge in [0.15, 0.2) is 0 Å². The molecule has 1 amide bonds. The highest BCUT2D eigenvalue weighted by Gasteiger charge is 2.34. The summed E-state index contributed by atoms with van der Waals surface area (Å²) in [4.78, 5) is 26.2. The predicted octanol–water partition coefficient (Wildman–Crippen LogP) is 1.90. The molecule has 0 saturated heterocycles. The molecule has 7 heteroatoms. The zero-order chi connectivity index (χ0) is 20.1. The molecule has 0 aliphatic carbocycles. The van der Waals surface area contributed by atoms with E-state index in [-0.39, 0.29) is 36.9 Å². The number of aliphatic hydroxyl groups excluding tert-OH is 1. The maximum absolute atomic E-state index is 12.7. The third-order valence-corrected chi connectivity index (χ3v) is 4.47. The van der Waals surface area contributed by atoms with Gasteiger partial charge in [-0.2, -0.15) is 5.26 Å². The maximum Gasteiger partial charge on any atom is 0.337 e. The zero-order valence-corrected chi connectivity index (χ0v) is 15.3. The number of amides is 1. The molecule has 0 unspecified atom stereocenters. The third-order valence-electron chi connectivity index (χ3n) is 4.47. The van der Waals surface area contributed by atoms with Crippen molar-refractivity contribution in [1.82, 2.24) is 4.90 Å². The number of hydrogen-bond acceptors (Lipinski definition) is 6. The van der Waals surface area contributed by atoms with Crippen LogP contribution in [0.25, 0.3) is 11.1 Å². The van der Waals surface area contributed by atoms with Gasteiger partial charge in [-0.05, 0) is 23.8 Å². The van der Waals surface area contributed by atoms with E-state index in [0.29, 0.717) is 11.3 Å². The van der Waals surface area contributed by atoms with E-state index in [1.807, 2.05) is 30.3 Å². The Hall–Kier alpha value is -3.63. The Bertz CT molecular complexity index is 974. The van der Waals surface area contributed by atoms with E-state index in [1.165, 1.54) is 12.0 Å². The predicted molar refractivity (Wildman–Crippen MR) is 103 cm³/mol. The van der Waals surface area contributed by atoms with Crippen molar-refractivity contribution in [3.05, 3.63) is 65.4 Å². The molecule has 0 bridgehead atoms. The van der Waals surface area contributed by atoms with E-state index >= 15 is 0 Å². The second-order valence-corrected chi connectivity index (χ2v) is 6.16. The Balaban J connectivity index is 1.99. The summed E-state index contributed by atoms with van der Waals surface area (Å²) in [6.45, 7) is 0.00447.